The van der Waals surface area contributed by atoms with E-state index < -0.39 is 5.91 Å². The van der Waals surface area contributed by atoms with Crippen LogP contribution in [0.1, 0.15) is 0 Å². The van der Waals surface area contributed by atoms with E-state index in [4.69, 9.17) is 23.2 Å². The number of carbonyl (C=O) groups is 3. The Kier molecular flexibility index (Phi) is 6.15. The third-order valence-electron chi connectivity index (χ3n) is 3.20. The van der Waals surface area contributed by atoms with Gasteiger partial charge in [0.2, 0.25) is 11.8 Å². The van der Waals surface area contributed by atoms with Gasteiger partial charge >= 0.3 is 0 Å². The SMILES string of the molecule is CN(CC(=O)Nc1c(Cl)cccc1Cl)C(=O)CN1CCSC1=O. The van der Waals surface area contributed by atoms with Crippen molar-refractivity contribution in [1.29, 1.82) is 0 Å². The second-order valence-electron chi connectivity index (χ2n) is 4.93. The van der Waals surface area contributed by atoms with Crippen LogP contribution in [0.5, 0.6) is 0 Å². The molecule has 2 rings (SSSR count). The van der Waals surface area contributed by atoms with Crippen LogP contribution in [-0.2, 0) is 9.59 Å². The predicted octanol–water partition coefficient (Wildman–Crippen LogP) is 2.56. The number of likely N-dealkylation sites (N-methyl/N-ethyl adjacent to an activating group) is 1. The fourth-order valence-electron chi connectivity index (χ4n) is 1.95. The molecule has 1 saturated heterocycles. The number of nitrogens with one attached hydrogen (secondary N) is 1. The van der Waals surface area contributed by atoms with Crippen molar-refractivity contribution in [2.75, 3.05) is 37.8 Å². The van der Waals surface area contributed by atoms with Crippen LogP contribution >= 0.6 is 35.0 Å². The van der Waals surface area contributed by atoms with Crippen molar-refractivity contribution in [2.24, 2.45) is 0 Å². The Morgan fingerprint density at radius 3 is 2.57 bits per heavy atom. The summed E-state index contributed by atoms with van der Waals surface area (Å²) in [7, 11) is 1.50. The Labute approximate surface area is 148 Å². The smallest absolute Gasteiger partial charge is 0.282 e. The molecule has 0 saturated carbocycles. The first-order valence-electron chi connectivity index (χ1n) is 6.78. The standard InChI is InChI=1S/C14H15Cl2N3O3S/c1-18(12(21)8-19-5-6-23-14(19)22)7-11(20)17-13-9(15)3-2-4-10(13)16/h2-4H,5-8H2,1H3,(H,17,20). The summed E-state index contributed by atoms with van der Waals surface area (Å²) in [6.07, 6.45) is 0. The van der Waals surface area contributed by atoms with Gasteiger partial charge in [-0.25, -0.2) is 0 Å². The number of carbonyl (C=O) groups excluding carboxylic acids is 3. The number of hydrogen-bond donors (Lipinski definition) is 1. The molecule has 0 bridgehead atoms. The monoisotopic (exact) mass is 375 g/mol. The Bertz CT molecular complexity index is 621. The minimum Gasteiger partial charge on any atom is -0.335 e. The van der Waals surface area contributed by atoms with Gasteiger partial charge in [-0.2, -0.15) is 0 Å². The summed E-state index contributed by atoms with van der Waals surface area (Å²) >= 11 is 13.1. The van der Waals surface area contributed by atoms with E-state index in [-0.39, 0.29) is 24.2 Å². The third-order valence-corrected chi connectivity index (χ3v) is 4.73. The van der Waals surface area contributed by atoms with Gasteiger partial charge in [0.15, 0.2) is 0 Å². The summed E-state index contributed by atoms with van der Waals surface area (Å²) in [6.45, 7) is 0.364. The van der Waals surface area contributed by atoms with Crippen molar-refractivity contribution >= 4 is 57.7 Å². The van der Waals surface area contributed by atoms with Crippen LogP contribution in [0.15, 0.2) is 18.2 Å². The highest BCUT2D eigenvalue weighted by molar-refractivity contribution is 8.13. The van der Waals surface area contributed by atoms with E-state index in [2.05, 4.69) is 5.32 Å². The van der Waals surface area contributed by atoms with Gasteiger partial charge in [-0.3, -0.25) is 14.4 Å². The largest absolute Gasteiger partial charge is 0.335 e. The molecule has 0 aromatic heterocycles. The fraction of sp³-hybridized carbons (Fsp3) is 0.357. The number of nitrogens with zero attached hydrogens (tertiary/aromatic N) is 2. The molecule has 1 aromatic rings. The van der Waals surface area contributed by atoms with Crippen LogP contribution < -0.4 is 5.32 Å². The minimum absolute atomic E-state index is 0.0253. The van der Waals surface area contributed by atoms with Crippen LogP contribution in [0.4, 0.5) is 10.5 Å². The van der Waals surface area contributed by atoms with Crippen LogP contribution in [0.2, 0.25) is 10.0 Å². The number of rotatable bonds is 5. The molecule has 124 valence electrons. The molecule has 0 radical (unpaired) electrons. The normalized spacial score (nSPS) is 14.0. The van der Waals surface area contributed by atoms with Crippen molar-refractivity contribution < 1.29 is 14.4 Å². The Morgan fingerprint density at radius 2 is 2.00 bits per heavy atom. The van der Waals surface area contributed by atoms with Gasteiger partial charge in [-0.05, 0) is 12.1 Å². The third kappa shape index (κ3) is 4.76. The summed E-state index contributed by atoms with van der Waals surface area (Å²) in [5, 5.41) is 3.11. The van der Waals surface area contributed by atoms with Gasteiger partial charge in [0, 0.05) is 19.3 Å². The first-order chi connectivity index (χ1) is 10.9. The number of halogens is 2. The van der Waals surface area contributed by atoms with E-state index in [9.17, 15) is 14.4 Å². The first kappa shape index (κ1) is 17.9. The van der Waals surface area contributed by atoms with E-state index >= 15 is 0 Å². The molecule has 1 heterocycles. The number of anilines is 1. The maximum Gasteiger partial charge on any atom is 0.282 e. The lowest BCUT2D eigenvalue weighted by Gasteiger charge is -2.21. The zero-order chi connectivity index (χ0) is 17.0. The number of benzene rings is 1. The van der Waals surface area contributed by atoms with Crippen LogP contribution in [0, 0.1) is 0 Å². The highest BCUT2D eigenvalue weighted by atomic mass is 35.5. The molecule has 0 spiro atoms. The summed E-state index contributed by atoms with van der Waals surface area (Å²) < 4.78 is 0. The second-order valence-corrected chi connectivity index (χ2v) is 6.79. The molecule has 1 fully saturated rings. The Hall–Kier alpha value is -1.44. The van der Waals surface area contributed by atoms with Gasteiger partial charge < -0.3 is 15.1 Å². The first-order valence-corrected chi connectivity index (χ1v) is 8.52. The predicted molar refractivity (Wildman–Crippen MR) is 92.2 cm³/mol. The molecule has 0 unspecified atom stereocenters. The zero-order valence-electron chi connectivity index (χ0n) is 12.3. The lowest BCUT2D eigenvalue weighted by atomic mass is 10.3. The molecular formula is C14H15Cl2N3O3S. The number of para-hydroxylation sites is 1. The van der Waals surface area contributed by atoms with Crippen molar-refractivity contribution in [3.8, 4) is 0 Å². The lowest BCUT2D eigenvalue weighted by molar-refractivity contribution is -0.133. The minimum atomic E-state index is -0.419. The van der Waals surface area contributed by atoms with Crippen LogP contribution in [0.3, 0.4) is 0 Å². The molecule has 1 aromatic carbocycles. The molecule has 0 atom stereocenters. The van der Waals surface area contributed by atoms with E-state index in [1.165, 1.54) is 28.6 Å². The number of thioether (sulfide) groups is 1. The highest BCUT2D eigenvalue weighted by Gasteiger charge is 2.25. The molecule has 1 aliphatic heterocycles. The molecular weight excluding hydrogens is 361 g/mol. The van der Waals surface area contributed by atoms with E-state index in [0.717, 1.165) is 0 Å². The van der Waals surface area contributed by atoms with Crippen molar-refractivity contribution in [2.45, 2.75) is 0 Å². The van der Waals surface area contributed by atoms with E-state index in [1.54, 1.807) is 18.2 Å². The average Bonchev–Trinajstić information content (AvgIpc) is 2.88. The zero-order valence-corrected chi connectivity index (χ0v) is 14.7. The molecule has 6 nitrogen and oxygen atoms in total. The fourth-order valence-corrected chi connectivity index (χ4v) is 3.27. The molecule has 23 heavy (non-hydrogen) atoms. The summed E-state index contributed by atoms with van der Waals surface area (Å²) in [5.41, 5.74) is 0.313. The highest BCUT2D eigenvalue weighted by Crippen LogP contribution is 2.29. The topological polar surface area (TPSA) is 69.7 Å². The van der Waals surface area contributed by atoms with Crippen molar-refractivity contribution in [3.05, 3.63) is 28.2 Å². The van der Waals surface area contributed by atoms with Crippen molar-refractivity contribution in [1.82, 2.24) is 9.80 Å². The Morgan fingerprint density at radius 1 is 1.35 bits per heavy atom. The summed E-state index contributed by atoms with van der Waals surface area (Å²) in [5.74, 6) is -0.0411. The quantitative estimate of drug-likeness (QED) is 0.858. The molecule has 3 amide bonds. The van der Waals surface area contributed by atoms with Crippen LogP contribution in [0.25, 0.3) is 0 Å². The van der Waals surface area contributed by atoms with Crippen molar-refractivity contribution in [3.63, 3.8) is 0 Å². The molecule has 9 heteroatoms. The number of amides is 3. The lowest BCUT2D eigenvalue weighted by Crippen LogP contribution is -2.41. The van der Waals surface area contributed by atoms with E-state index in [1.807, 2.05) is 0 Å². The molecule has 0 aliphatic carbocycles. The number of hydrogen-bond acceptors (Lipinski definition) is 4. The summed E-state index contributed by atoms with van der Waals surface area (Å²) in [6, 6.07) is 4.88. The van der Waals surface area contributed by atoms with Gasteiger partial charge in [-0.15, -0.1) is 0 Å². The summed E-state index contributed by atoms with van der Waals surface area (Å²) in [4.78, 5) is 38.3. The maximum absolute atomic E-state index is 12.1. The second kappa shape index (κ2) is 7.90. The Balaban J connectivity index is 1.89. The average molecular weight is 376 g/mol. The van der Waals surface area contributed by atoms with Gasteiger partial charge in [-0.1, -0.05) is 41.0 Å². The molecule has 1 aliphatic rings. The van der Waals surface area contributed by atoms with Gasteiger partial charge in [0.1, 0.15) is 6.54 Å². The van der Waals surface area contributed by atoms with Gasteiger partial charge in [0.05, 0.1) is 22.3 Å². The molecule has 1 N–H and O–H groups in total. The van der Waals surface area contributed by atoms with E-state index in [0.29, 0.717) is 28.0 Å². The van der Waals surface area contributed by atoms with Crippen LogP contribution in [-0.4, -0.2) is 59.3 Å². The van der Waals surface area contributed by atoms with Gasteiger partial charge in [0.25, 0.3) is 5.24 Å². The maximum atomic E-state index is 12.1.